The molecule has 0 fully saturated rings. The summed E-state index contributed by atoms with van der Waals surface area (Å²) in [5.41, 5.74) is 1.42. The Morgan fingerprint density at radius 2 is 1.85 bits per heavy atom. The van der Waals surface area contributed by atoms with Gasteiger partial charge in [0.1, 0.15) is 0 Å². The predicted octanol–water partition coefficient (Wildman–Crippen LogP) is 2.46. The fourth-order valence-corrected chi connectivity index (χ4v) is 3.95. The number of aryl methyl sites for hydroxylation is 3. The van der Waals surface area contributed by atoms with Crippen LogP contribution in [0.25, 0.3) is 11.1 Å². The van der Waals surface area contributed by atoms with Gasteiger partial charge in [-0.25, -0.2) is 13.2 Å². The number of anilines is 1. The molecular weight excluding hydrogens is 362 g/mol. The van der Waals surface area contributed by atoms with Crippen molar-refractivity contribution >= 4 is 32.5 Å². The van der Waals surface area contributed by atoms with Crippen molar-refractivity contribution in [1.82, 2.24) is 4.57 Å². The van der Waals surface area contributed by atoms with Crippen LogP contribution in [0.3, 0.4) is 0 Å². The zero-order valence-corrected chi connectivity index (χ0v) is 15.0. The monoisotopic (exact) mass is 377 g/mol. The van der Waals surface area contributed by atoms with Crippen molar-refractivity contribution in [1.29, 1.82) is 0 Å². The van der Waals surface area contributed by atoms with Crippen molar-refractivity contribution in [3.63, 3.8) is 0 Å². The summed E-state index contributed by atoms with van der Waals surface area (Å²) >= 11 is 0. The van der Waals surface area contributed by atoms with Gasteiger partial charge in [-0.05, 0) is 31.0 Å². The fraction of sp³-hybridized carbons (Fsp3) is 0.188. The highest BCUT2D eigenvalue weighted by atomic mass is 32.2. The van der Waals surface area contributed by atoms with Crippen LogP contribution < -0.4 is 10.5 Å². The number of rotatable bonds is 4. The van der Waals surface area contributed by atoms with Crippen LogP contribution in [0.5, 0.6) is 0 Å². The molecule has 2 aromatic carbocycles. The maximum Gasteiger partial charge on any atom is 0.419 e. The van der Waals surface area contributed by atoms with E-state index in [9.17, 15) is 23.3 Å². The third-order valence-electron chi connectivity index (χ3n) is 4.05. The van der Waals surface area contributed by atoms with Crippen LogP contribution in [0.2, 0.25) is 0 Å². The van der Waals surface area contributed by atoms with Crippen molar-refractivity contribution in [3.05, 3.63) is 62.1 Å². The van der Waals surface area contributed by atoms with Gasteiger partial charge in [-0.1, -0.05) is 6.07 Å². The largest absolute Gasteiger partial charge is 0.419 e. The molecule has 0 atom stereocenters. The molecule has 0 aliphatic heterocycles. The molecule has 1 aromatic heterocycles. The number of oxazole rings is 1. The smallest absolute Gasteiger partial charge is 0.408 e. The number of aromatic nitrogens is 1. The molecule has 0 unspecified atom stereocenters. The number of benzene rings is 2. The van der Waals surface area contributed by atoms with Gasteiger partial charge in [-0.15, -0.1) is 0 Å². The molecule has 0 amide bonds. The molecule has 0 saturated carbocycles. The van der Waals surface area contributed by atoms with E-state index in [2.05, 4.69) is 4.72 Å². The molecule has 0 aliphatic carbocycles. The van der Waals surface area contributed by atoms with E-state index in [-0.39, 0.29) is 21.9 Å². The summed E-state index contributed by atoms with van der Waals surface area (Å²) in [6.07, 6.45) is 0. The van der Waals surface area contributed by atoms with Gasteiger partial charge in [0.15, 0.2) is 5.58 Å². The van der Waals surface area contributed by atoms with E-state index in [4.69, 9.17) is 4.42 Å². The molecule has 1 N–H and O–H groups in total. The van der Waals surface area contributed by atoms with E-state index < -0.39 is 20.7 Å². The van der Waals surface area contributed by atoms with Gasteiger partial charge in [0.05, 0.1) is 21.0 Å². The summed E-state index contributed by atoms with van der Waals surface area (Å²) < 4.78 is 34.2. The van der Waals surface area contributed by atoms with E-state index >= 15 is 0 Å². The van der Waals surface area contributed by atoms with Gasteiger partial charge in [0, 0.05) is 25.2 Å². The second-order valence-corrected chi connectivity index (χ2v) is 7.53. The summed E-state index contributed by atoms with van der Waals surface area (Å²) in [5.74, 6) is -0.601. The average molecular weight is 377 g/mol. The van der Waals surface area contributed by atoms with Crippen LogP contribution in [0.15, 0.2) is 44.4 Å². The van der Waals surface area contributed by atoms with Crippen LogP contribution in [-0.4, -0.2) is 17.9 Å². The fourth-order valence-electron chi connectivity index (χ4n) is 2.58. The molecule has 0 radical (unpaired) electrons. The number of non-ortho nitro benzene ring substituents is 1. The molecule has 9 nitrogen and oxygen atoms in total. The molecular formula is C16H15N3O6S. The second-order valence-electron chi connectivity index (χ2n) is 5.87. The van der Waals surface area contributed by atoms with Crippen molar-refractivity contribution in [2.75, 3.05) is 4.72 Å². The first-order valence-corrected chi connectivity index (χ1v) is 8.96. The summed E-state index contributed by atoms with van der Waals surface area (Å²) in [6.45, 7) is 3.22. The highest BCUT2D eigenvalue weighted by molar-refractivity contribution is 7.92. The maximum atomic E-state index is 12.8. The van der Waals surface area contributed by atoms with E-state index in [0.29, 0.717) is 16.6 Å². The molecule has 136 valence electrons. The lowest BCUT2D eigenvalue weighted by Crippen LogP contribution is -2.15. The van der Waals surface area contributed by atoms with Gasteiger partial charge >= 0.3 is 5.76 Å². The molecule has 10 heteroatoms. The number of fused-ring (bicyclic) bond motifs is 1. The Morgan fingerprint density at radius 3 is 2.50 bits per heavy atom. The first-order valence-electron chi connectivity index (χ1n) is 7.48. The average Bonchev–Trinajstić information content (AvgIpc) is 2.83. The minimum absolute atomic E-state index is 0.0785. The Morgan fingerprint density at radius 1 is 1.15 bits per heavy atom. The topological polar surface area (TPSA) is 124 Å². The quantitative estimate of drug-likeness (QED) is 0.550. The standard InChI is InChI=1S/C16H15N3O6S/c1-9-4-5-11(19(21)22)7-12(9)17-26(23,24)15-8-14-13(6-10(15)2)18(3)16(20)25-14/h4-8,17H,1-3H3. The second kappa shape index (κ2) is 5.99. The summed E-state index contributed by atoms with van der Waals surface area (Å²) in [7, 11) is -2.53. The normalized spacial score (nSPS) is 11.7. The SMILES string of the molecule is Cc1ccc([N+](=O)[O-])cc1NS(=O)(=O)c1cc2oc(=O)n(C)c2cc1C. The van der Waals surface area contributed by atoms with E-state index in [1.807, 2.05) is 0 Å². The van der Waals surface area contributed by atoms with Crippen LogP contribution >= 0.6 is 0 Å². The lowest BCUT2D eigenvalue weighted by atomic mass is 10.2. The lowest BCUT2D eigenvalue weighted by molar-refractivity contribution is -0.384. The molecule has 0 bridgehead atoms. The van der Waals surface area contributed by atoms with Crippen molar-refractivity contribution in [3.8, 4) is 0 Å². The zero-order valence-electron chi connectivity index (χ0n) is 14.1. The summed E-state index contributed by atoms with van der Waals surface area (Å²) in [6, 6.07) is 6.71. The minimum atomic E-state index is -4.05. The number of nitrogens with zero attached hydrogens (tertiary/aromatic N) is 2. The van der Waals surface area contributed by atoms with Gasteiger partial charge in [-0.2, -0.15) is 0 Å². The van der Waals surface area contributed by atoms with Gasteiger partial charge in [-0.3, -0.25) is 19.4 Å². The molecule has 3 rings (SSSR count). The molecule has 3 aromatic rings. The van der Waals surface area contributed by atoms with E-state index in [0.717, 1.165) is 6.07 Å². The number of nitro benzene ring substituents is 1. The Hall–Kier alpha value is -3.14. The van der Waals surface area contributed by atoms with Gasteiger partial charge in [0.2, 0.25) is 0 Å². The Labute approximate surface area is 148 Å². The van der Waals surface area contributed by atoms with Crippen molar-refractivity contribution in [2.24, 2.45) is 7.05 Å². The number of hydrogen-bond acceptors (Lipinski definition) is 6. The molecule has 26 heavy (non-hydrogen) atoms. The predicted molar refractivity (Wildman–Crippen MR) is 94.8 cm³/mol. The van der Waals surface area contributed by atoms with Crippen LogP contribution in [-0.2, 0) is 17.1 Å². The first kappa shape index (κ1) is 17.7. The number of nitrogens with one attached hydrogen (secondary N) is 1. The third kappa shape index (κ3) is 2.94. The Kier molecular flexibility index (Phi) is 4.07. The highest BCUT2D eigenvalue weighted by Gasteiger charge is 2.22. The van der Waals surface area contributed by atoms with E-state index in [1.54, 1.807) is 13.8 Å². The highest BCUT2D eigenvalue weighted by Crippen LogP contribution is 2.27. The van der Waals surface area contributed by atoms with Crippen molar-refractivity contribution < 1.29 is 17.8 Å². The number of hydrogen-bond donors (Lipinski definition) is 1. The molecule has 0 spiro atoms. The minimum Gasteiger partial charge on any atom is -0.408 e. The zero-order chi connectivity index (χ0) is 19.2. The number of nitro groups is 1. The Bertz CT molecular complexity index is 1210. The third-order valence-corrected chi connectivity index (χ3v) is 5.56. The van der Waals surface area contributed by atoms with Gasteiger partial charge < -0.3 is 4.42 Å². The van der Waals surface area contributed by atoms with Crippen molar-refractivity contribution in [2.45, 2.75) is 18.7 Å². The molecule has 1 heterocycles. The van der Waals surface area contributed by atoms with Crippen LogP contribution in [0.1, 0.15) is 11.1 Å². The Balaban J connectivity index is 2.10. The summed E-state index contributed by atoms with van der Waals surface area (Å²) in [4.78, 5) is 21.9. The number of sulfonamides is 1. The molecule has 0 aliphatic rings. The van der Waals surface area contributed by atoms with Crippen LogP contribution in [0.4, 0.5) is 11.4 Å². The summed E-state index contributed by atoms with van der Waals surface area (Å²) in [5, 5.41) is 10.9. The first-order chi connectivity index (χ1) is 12.1. The lowest BCUT2D eigenvalue weighted by Gasteiger charge is -2.12. The van der Waals surface area contributed by atoms with E-state index in [1.165, 1.54) is 35.9 Å². The van der Waals surface area contributed by atoms with Gasteiger partial charge in [0.25, 0.3) is 15.7 Å². The maximum absolute atomic E-state index is 12.8. The van der Waals surface area contributed by atoms with Crippen LogP contribution in [0, 0.1) is 24.0 Å². The molecule has 0 saturated heterocycles.